The molecular weight excluding hydrogens is 252 g/mol. The lowest BCUT2D eigenvalue weighted by Gasteiger charge is -2.15. The van der Waals surface area contributed by atoms with Gasteiger partial charge < -0.3 is 10.2 Å². The van der Waals surface area contributed by atoms with Crippen LogP contribution in [-0.2, 0) is 7.05 Å². The van der Waals surface area contributed by atoms with Crippen molar-refractivity contribution in [2.24, 2.45) is 7.05 Å². The Hall–Kier alpha value is -2.30. The quantitative estimate of drug-likeness (QED) is 0.929. The Bertz CT molecular complexity index is 603. The number of hydrogen-bond acceptors (Lipinski definition) is 3. The van der Waals surface area contributed by atoms with Gasteiger partial charge in [0, 0.05) is 44.2 Å². The molecule has 0 fully saturated rings. The number of aryl methyl sites for hydroxylation is 1. The Morgan fingerprint density at radius 1 is 1.40 bits per heavy atom. The molecule has 2 rings (SSSR count). The molecule has 1 aromatic carbocycles. The Morgan fingerprint density at radius 3 is 2.75 bits per heavy atom. The van der Waals surface area contributed by atoms with Crippen molar-refractivity contribution < 1.29 is 4.79 Å². The zero-order chi connectivity index (χ0) is 14.7. The van der Waals surface area contributed by atoms with Gasteiger partial charge in [-0.05, 0) is 25.1 Å². The number of carbonyl (C=O) groups excluding carboxylic acids is 1. The molecule has 1 atom stereocenters. The molecule has 0 spiro atoms. The highest BCUT2D eigenvalue weighted by molar-refractivity contribution is 5.94. The molecule has 0 saturated heterocycles. The third-order valence-corrected chi connectivity index (χ3v) is 3.12. The molecule has 20 heavy (non-hydrogen) atoms. The van der Waals surface area contributed by atoms with Crippen LogP contribution in [0.3, 0.4) is 0 Å². The van der Waals surface area contributed by atoms with Crippen LogP contribution in [0.1, 0.15) is 28.9 Å². The fourth-order valence-corrected chi connectivity index (χ4v) is 2.00. The zero-order valence-electron chi connectivity index (χ0n) is 12.3. The first-order chi connectivity index (χ1) is 9.47. The van der Waals surface area contributed by atoms with E-state index in [2.05, 4.69) is 17.3 Å². The van der Waals surface area contributed by atoms with Gasteiger partial charge in [0.25, 0.3) is 5.91 Å². The number of rotatable bonds is 4. The van der Waals surface area contributed by atoms with Gasteiger partial charge in [-0.25, -0.2) is 0 Å². The number of aromatic nitrogens is 2. The van der Waals surface area contributed by atoms with Crippen LogP contribution in [0, 0.1) is 0 Å². The van der Waals surface area contributed by atoms with Gasteiger partial charge in [-0.2, -0.15) is 5.10 Å². The highest BCUT2D eigenvalue weighted by Gasteiger charge is 2.10. The maximum Gasteiger partial charge on any atom is 0.253 e. The summed E-state index contributed by atoms with van der Waals surface area (Å²) in [5, 5.41) is 7.55. The molecule has 1 heterocycles. The third kappa shape index (κ3) is 3.17. The number of benzene rings is 1. The van der Waals surface area contributed by atoms with Gasteiger partial charge in [0.15, 0.2) is 0 Å². The SMILES string of the molecule is CC(Nc1cccc(C(=O)N(C)C)c1)c1cnn(C)c1. The van der Waals surface area contributed by atoms with E-state index < -0.39 is 0 Å². The van der Waals surface area contributed by atoms with Crippen LogP contribution in [0.25, 0.3) is 0 Å². The van der Waals surface area contributed by atoms with Crippen LogP contribution < -0.4 is 5.32 Å². The molecule has 0 radical (unpaired) electrons. The Morgan fingerprint density at radius 2 is 2.15 bits per heavy atom. The molecule has 5 nitrogen and oxygen atoms in total. The molecule has 0 bridgehead atoms. The number of nitrogens with one attached hydrogen (secondary N) is 1. The van der Waals surface area contributed by atoms with Gasteiger partial charge in [-0.1, -0.05) is 6.07 Å². The smallest absolute Gasteiger partial charge is 0.253 e. The van der Waals surface area contributed by atoms with Crippen LogP contribution in [0.5, 0.6) is 0 Å². The Kier molecular flexibility index (Phi) is 4.08. The van der Waals surface area contributed by atoms with Crippen LogP contribution in [0.15, 0.2) is 36.7 Å². The predicted molar refractivity (Wildman–Crippen MR) is 79.7 cm³/mol. The summed E-state index contributed by atoms with van der Waals surface area (Å²) in [5.41, 5.74) is 2.71. The van der Waals surface area contributed by atoms with Gasteiger partial charge in [0.05, 0.1) is 12.2 Å². The summed E-state index contributed by atoms with van der Waals surface area (Å²) < 4.78 is 1.78. The summed E-state index contributed by atoms with van der Waals surface area (Å²) in [5.74, 6) is 0.00248. The van der Waals surface area contributed by atoms with E-state index in [-0.39, 0.29) is 11.9 Å². The average molecular weight is 272 g/mol. The fraction of sp³-hybridized carbons (Fsp3) is 0.333. The number of carbonyl (C=O) groups is 1. The Labute approximate surface area is 119 Å². The summed E-state index contributed by atoms with van der Waals surface area (Å²) in [7, 11) is 5.40. The molecule has 0 aliphatic heterocycles. The minimum atomic E-state index is 0.00248. The van der Waals surface area contributed by atoms with Crippen molar-refractivity contribution in [1.82, 2.24) is 14.7 Å². The van der Waals surface area contributed by atoms with Gasteiger partial charge in [-0.15, -0.1) is 0 Å². The van der Waals surface area contributed by atoms with Crippen molar-refractivity contribution in [1.29, 1.82) is 0 Å². The molecule has 0 saturated carbocycles. The van der Waals surface area contributed by atoms with Crippen LogP contribution in [0.2, 0.25) is 0 Å². The van der Waals surface area contributed by atoms with E-state index in [4.69, 9.17) is 0 Å². The molecule has 1 aromatic heterocycles. The summed E-state index contributed by atoms with van der Waals surface area (Å²) in [6, 6.07) is 7.67. The molecule has 0 aliphatic carbocycles. The molecule has 1 unspecified atom stereocenters. The topological polar surface area (TPSA) is 50.2 Å². The molecule has 106 valence electrons. The molecule has 5 heteroatoms. The number of nitrogens with zero attached hydrogens (tertiary/aromatic N) is 3. The van der Waals surface area contributed by atoms with Crippen molar-refractivity contribution in [3.8, 4) is 0 Å². The predicted octanol–water partition coefficient (Wildman–Crippen LogP) is 2.29. The van der Waals surface area contributed by atoms with Crippen LogP contribution in [0.4, 0.5) is 5.69 Å². The first-order valence-electron chi connectivity index (χ1n) is 6.54. The fourth-order valence-electron chi connectivity index (χ4n) is 2.00. The van der Waals surface area contributed by atoms with E-state index in [1.807, 2.05) is 43.7 Å². The monoisotopic (exact) mass is 272 g/mol. The van der Waals surface area contributed by atoms with Crippen LogP contribution >= 0.6 is 0 Å². The largest absolute Gasteiger partial charge is 0.378 e. The van der Waals surface area contributed by atoms with Gasteiger partial charge in [0.1, 0.15) is 0 Å². The first kappa shape index (κ1) is 14.1. The van der Waals surface area contributed by atoms with E-state index in [0.29, 0.717) is 5.56 Å². The number of hydrogen-bond donors (Lipinski definition) is 1. The van der Waals surface area contributed by atoms with E-state index >= 15 is 0 Å². The van der Waals surface area contributed by atoms with E-state index in [9.17, 15) is 4.79 Å². The van der Waals surface area contributed by atoms with Crippen molar-refractivity contribution in [3.05, 3.63) is 47.8 Å². The standard InChI is InChI=1S/C15H20N4O/c1-11(13-9-16-19(4)10-13)17-14-7-5-6-12(8-14)15(20)18(2)3/h5-11,17H,1-4H3. The highest BCUT2D eigenvalue weighted by Crippen LogP contribution is 2.19. The maximum absolute atomic E-state index is 11.9. The van der Waals surface area contributed by atoms with Crippen molar-refractivity contribution in [2.75, 3.05) is 19.4 Å². The summed E-state index contributed by atoms with van der Waals surface area (Å²) in [6.45, 7) is 2.07. The number of amides is 1. The Balaban J connectivity index is 2.14. The average Bonchev–Trinajstić information content (AvgIpc) is 2.85. The van der Waals surface area contributed by atoms with Crippen molar-refractivity contribution in [3.63, 3.8) is 0 Å². The van der Waals surface area contributed by atoms with Crippen molar-refractivity contribution >= 4 is 11.6 Å². The number of anilines is 1. The third-order valence-electron chi connectivity index (χ3n) is 3.12. The van der Waals surface area contributed by atoms with E-state index in [1.54, 1.807) is 23.7 Å². The van der Waals surface area contributed by atoms with E-state index in [1.165, 1.54) is 0 Å². The minimum absolute atomic E-state index is 0.00248. The molecule has 2 aromatic rings. The summed E-state index contributed by atoms with van der Waals surface area (Å²) in [6.07, 6.45) is 3.82. The molecular formula is C15H20N4O. The summed E-state index contributed by atoms with van der Waals surface area (Å²) >= 11 is 0. The maximum atomic E-state index is 11.9. The molecule has 0 aliphatic rings. The van der Waals surface area contributed by atoms with Gasteiger partial charge in [0.2, 0.25) is 0 Å². The zero-order valence-corrected chi connectivity index (χ0v) is 12.3. The summed E-state index contributed by atoms with van der Waals surface area (Å²) in [4.78, 5) is 13.5. The first-order valence-corrected chi connectivity index (χ1v) is 6.54. The second-order valence-corrected chi connectivity index (χ2v) is 5.09. The van der Waals surface area contributed by atoms with Gasteiger partial charge in [-0.3, -0.25) is 9.48 Å². The lowest BCUT2D eigenvalue weighted by atomic mass is 10.1. The van der Waals surface area contributed by atoms with Crippen LogP contribution in [-0.4, -0.2) is 34.7 Å². The van der Waals surface area contributed by atoms with Gasteiger partial charge >= 0.3 is 0 Å². The second kappa shape index (κ2) is 5.77. The van der Waals surface area contributed by atoms with E-state index in [0.717, 1.165) is 11.3 Å². The molecule has 1 amide bonds. The lowest BCUT2D eigenvalue weighted by molar-refractivity contribution is 0.0827. The second-order valence-electron chi connectivity index (χ2n) is 5.09. The highest BCUT2D eigenvalue weighted by atomic mass is 16.2. The minimum Gasteiger partial charge on any atom is -0.378 e. The normalized spacial score (nSPS) is 12.0. The molecule has 1 N–H and O–H groups in total. The van der Waals surface area contributed by atoms with Crippen molar-refractivity contribution in [2.45, 2.75) is 13.0 Å². The lowest BCUT2D eigenvalue weighted by Crippen LogP contribution is -2.21.